The number of pyridine rings is 1. The lowest BCUT2D eigenvalue weighted by atomic mass is 10.1. The number of nitrogens with one attached hydrogen (secondary N) is 1. The first-order chi connectivity index (χ1) is 11.1. The van der Waals surface area contributed by atoms with Crippen LogP contribution in [0.2, 0.25) is 0 Å². The number of aryl methyl sites for hydroxylation is 1. The minimum atomic E-state index is -0.0183. The van der Waals surface area contributed by atoms with Crippen molar-refractivity contribution < 1.29 is 9.59 Å². The molecule has 0 saturated heterocycles. The van der Waals surface area contributed by atoms with Crippen LogP contribution in [0.25, 0.3) is 0 Å². The first-order valence-corrected chi connectivity index (χ1v) is 7.73. The highest BCUT2D eigenvalue weighted by Crippen LogP contribution is 2.30. The van der Waals surface area contributed by atoms with Gasteiger partial charge in [0, 0.05) is 43.7 Å². The summed E-state index contributed by atoms with van der Waals surface area (Å²) in [6.07, 6.45) is 5.41. The molecule has 0 aliphatic carbocycles. The van der Waals surface area contributed by atoms with E-state index in [1.807, 2.05) is 30.3 Å². The van der Waals surface area contributed by atoms with Gasteiger partial charge in [-0.15, -0.1) is 0 Å². The average Bonchev–Trinajstić information content (AvgIpc) is 2.97. The summed E-state index contributed by atoms with van der Waals surface area (Å²) in [5.74, 6) is 0.0345. The summed E-state index contributed by atoms with van der Waals surface area (Å²) in [6.45, 7) is 2.28. The summed E-state index contributed by atoms with van der Waals surface area (Å²) in [5, 5.41) is 2.92. The van der Waals surface area contributed by atoms with Crippen LogP contribution in [0.15, 0.2) is 42.7 Å². The zero-order valence-electron chi connectivity index (χ0n) is 13.1. The van der Waals surface area contributed by atoms with Gasteiger partial charge in [-0.25, -0.2) is 0 Å². The van der Waals surface area contributed by atoms with Crippen molar-refractivity contribution in [3.63, 3.8) is 0 Å². The van der Waals surface area contributed by atoms with E-state index in [0.717, 1.165) is 28.9 Å². The van der Waals surface area contributed by atoms with Crippen LogP contribution in [0.3, 0.4) is 0 Å². The summed E-state index contributed by atoms with van der Waals surface area (Å²) in [7, 11) is 0. The van der Waals surface area contributed by atoms with Gasteiger partial charge in [0.05, 0.1) is 0 Å². The molecule has 0 bridgehead atoms. The van der Waals surface area contributed by atoms with E-state index in [1.54, 1.807) is 24.2 Å². The maximum absolute atomic E-state index is 12.1. The molecule has 23 heavy (non-hydrogen) atoms. The summed E-state index contributed by atoms with van der Waals surface area (Å²) >= 11 is 0. The van der Waals surface area contributed by atoms with Gasteiger partial charge >= 0.3 is 0 Å². The minimum Gasteiger partial charge on any atom is -0.326 e. The van der Waals surface area contributed by atoms with E-state index in [2.05, 4.69) is 10.3 Å². The van der Waals surface area contributed by atoms with Crippen molar-refractivity contribution in [3.05, 3.63) is 53.9 Å². The summed E-state index contributed by atoms with van der Waals surface area (Å²) in [6, 6.07) is 9.54. The molecular weight excluding hydrogens is 290 g/mol. The maximum atomic E-state index is 12.1. The molecule has 2 heterocycles. The number of hydrogen-bond acceptors (Lipinski definition) is 3. The summed E-state index contributed by atoms with van der Waals surface area (Å²) < 4.78 is 0. The molecule has 0 fully saturated rings. The Kier molecular flexibility index (Phi) is 4.37. The summed E-state index contributed by atoms with van der Waals surface area (Å²) in [5.41, 5.74) is 3.88. The molecule has 1 aliphatic rings. The molecule has 1 N–H and O–H groups in total. The molecule has 1 aliphatic heterocycles. The Balaban J connectivity index is 1.60. The average molecular weight is 309 g/mol. The van der Waals surface area contributed by atoms with E-state index in [-0.39, 0.29) is 11.8 Å². The fourth-order valence-electron chi connectivity index (χ4n) is 2.83. The SMILES string of the molecule is CC(=O)N1CCc2cc(NC(=O)CCc3cccnc3)ccc21. The van der Waals surface area contributed by atoms with Gasteiger partial charge in [-0.1, -0.05) is 6.07 Å². The number of carbonyl (C=O) groups excluding carboxylic acids is 2. The first kappa shape index (κ1) is 15.2. The number of aromatic nitrogens is 1. The van der Waals surface area contributed by atoms with Gasteiger partial charge in [-0.3, -0.25) is 14.6 Å². The van der Waals surface area contributed by atoms with E-state index < -0.39 is 0 Å². The molecule has 0 atom stereocenters. The molecule has 5 heteroatoms. The lowest BCUT2D eigenvalue weighted by Gasteiger charge is -2.15. The third kappa shape index (κ3) is 3.56. The Morgan fingerprint density at radius 3 is 2.91 bits per heavy atom. The minimum absolute atomic E-state index is 0.0183. The Bertz CT molecular complexity index is 728. The van der Waals surface area contributed by atoms with Gasteiger partial charge in [0.25, 0.3) is 0 Å². The molecule has 5 nitrogen and oxygen atoms in total. The van der Waals surface area contributed by atoms with E-state index in [1.165, 1.54) is 0 Å². The number of nitrogens with zero attached hydrogens (tertiary/aromatic N) is 2. The molecule has 2 amide bonds. The van der Waals surface area contributed by atoms with Gasteiger partial charge in [-0.05, 0) is 48.2 Å². The largest absolute Gasteiger partial charge is 0.326 e. The van der Waals surface area contributed by atoms with Crippen molar-refractivity contribution in [2.75, 3.05) is 16.8 Å². The van der Waals surface area contributed by atoms with Gasteiger partial charge < -0.3 is 10.2 Å². The molecule has 3 rings (SSSR count). The fourth-order valence-corrected chi connectivity index (χ4v) is 2.83. The van der Waals surface area contributed by atoms with Crippen LogP contribution >= 0.6 is 0 Å². The Labute approximate surface area is 135 Å². The van der Waals surface area contributed by atoms with E-state index >= 15 is 0 Å². The predicted molar refractivity (Wildman–Crippen MR) is 89.4 cm³/mol. The topological polar surface area (TPSA) is 62.3 Å². The van der Waals surface area contributed by atoms with Crippen LogP contribution in [0, 0.1) is 0 Å². The fraction of sp³-hybridized carbons (Fsp3) is 0.278. The smallest absolute Gasteiger partial charge is 0.224 e. The van der Waals surface area contributed by atoms with Crippen molar-refractivity contribution in [1.29, 1.82) is 0 Å². The molecule has 0 radical (unpaired) electrons. The van der Waals surface area contributed by atoms with Gasteiger partial charge in [-0.2, -0.15) is 0 Å². The van der Waals surface area contributed by atoms with E-state index in [4.69, 9.17) is 0 Å². The van der Waals surface area contributed by atoms with Crippen molar-refractivity contribution in [2.24, 2.45) is 0 Å². The molecule has 0 spiro atoms. The lowest BCUT2D eigenvalue weighted by molar-refractivity contribution is -0.117. The highest BCUT2D eigenvalue weighted by atomic mass is 16.2. The molecule has 118 valence electrons. The Morgan fingerprint density at radius 1 is 1.30 bits per heavy atom. The van der Waals surface area contributed by atoms with Crippen LogP contribution in [-0.2, 0) is 22.4 Å². The van der Waals surface area contributed by atoms with Crippen LogP contribution in [0.1, 0.15) is 24.5 Å². The molecule has 1 aromatic heterocycles. The number of carbonyl (C=O) groups is 2. The van der Waals surface area contributed by atoms with Crippen molar-refractivity contribution >= 4 is 23.2 Å². The standard InChI is InChI=1S/C18H19N3O2/c1-13(22)21-10-8-15-11-16(5-6-17(15)21)20-18(23)7-4-14-3-2-9-19-12-14/h2-3,5-6,9,11-12H,4,7-8,10H2,1H3,(H,20,23). The predicted octanol–water partition coefficient (Wildman–Crippen LogP) is 2.56. The maximum Gasteiger partial charge on any atom is 0.224 e. The highest BCUT2D eigenvalue weighted by Gasteiger charge is 2.22. The molecular formula is C18H19N3O2. The Hall–Kier alpha value is -2.69. The van der Waals surface area contributed by atoms with Crippen molar-refractivity contribution in [2.45, 2.75) is 26.2 Å². The molecule has 2 aromatic rings. The molecule has 0 unspecified atom stereocenters. The third-order valence-electron chi connectivity index (χ3n) is 4.00. The monoisotopic (exact) mass is 309 g/mol. The van der Waals surface area contributed by atoms with E-state index in [0.29, 0.717) is 19.4 Å². The summed E-state index contributed by atoms with van der Waals surface area (Å²) in [4.78, 5) is 29.4. The zero-order chi connectivity index (χ0) is 16.2. The second kappa shape index (κ2) is 6.60. The second-order valence-electron chi connectivity index (χ2n) is 5.67. The number of hydrogen-bond donors (Lipinski definition) is 1. The molecule has 0 saturated carbocycles. The second-order valence-corrected chi connectivity index (χ2v) is 5.67. The zero-order valence-corrected chi connectivity index (χ0v) is 13.1. The first-order valence-electron chi connectivity index (χ1n) is 7.73. The van der Waals surface area contributed by atoms with Crippen molar-refractivity contribution in [1.82, 2.24) is 4.98 Å². The van der Waals surface area contributed by atoms with Gasteiger partial charge in [0.15, 0.2) is 0 Å². The lowest BCUT2D eigenvalue weighted by Crippen LogP contribution is -2.25. The number of anilines is 2. The van der Waals surface area contributed by atoms with Gasteiger partial charge in [0.1, 0.15) is 0 Å². The number of fused-ring (bicyclic) bond motifs is 1. The van der Waals surface area contributed by atoms with Crippen LogP contribution in [0.5, 0.6) is 0 Å². The number of benzene rings is 1. The number of amides is 2. The third-order valence-corrected chi connectivity index (χ3v) is 4.00. The van der Waals surface area contributed by atoms with Crippen molar-refractivity contribution in [3.8, 4) is 0 Å². The van der Waals surface area contributed by atoms with Gasteiger partial charge in [0.2, 0.25) is 11.8 Å². The Morgan fingerprint density at radius 2 is 2.17 bits per heavy atom. The molecule has 1 aromatic carbocycles. The van der Waals surface area contributed by atoms with Crippen LogP contribution in [-0.4, -0.2) is 23.3 Å². The number of rotatable bonds is 4. The quantitative estimate of drug-likeness (QED) is 0.944. The van der Waals surface area contributed by atoms with Crippen LogP contribution in [0.4, 0.5) is 11.4 Å². The highest BCUT2D eigenvalue weighted by molar-refractivity contribution is 5.95. The normalized spacial score (nSPS) is 12.8. The van der Waals surface area contributed by atoms with Crippen LogP contribution < -0.4 is 10.2 Å². The van der Waals surface area contributed by atoms with E-state index in [9.17, 15) is 9.59 Å².